The minimum absolute atomic E-state index is 0.122. The monoisotopic (exact) mass is 515 g/mol. The van der Waals surface area contributed by atoms with E-state index in [9.17, 15) is 14.4 Å². The lowest BCUT2D eigenvalue weighted by atomic mass is 10.2. The molecule has 0 saturated carbocycles. The van der Waals surface area contributed by atoms with Gasteiger partial charge < -0.3 is 15.8 Å². The average Bonchev–Trinajstić information content (AvgIpc) is 2.99. The van der Waals surface area contributed by atoms with Crippen LogP contribution >= 0.6 is 34.8 Å². The maximum absolute atomic E-state index is 12.9. The highest BCUT2D eigenvalue weighted by Gasteiger charge is 2.39. The van der Waals surface area contributed by atoms with Crippen LogP contribution in [0.3, 0.4) is 0 Å². The molecule has 0 atom stereocenters. The van der Waals surface area contributed by atoms with Crippen molar-refractivity contribution >= 4 is 69.6 Å². The third-order valence-corrected chi connectivity index (χ3v) is 5.82. The molecule has 34 heavy (non-hydrogen) atoms. The van der Waals surface area contributed by atoms with Gasteiger partial charge in [-0.3, -0.25) is 9.59 Å². The molecule has 7 nitrogen and oxygen atoms in total. The number of esters is 1. The van der Waals surface area contributed by atoms with E-state index in [-0.39, 0.29) is 32.8 Å². The number of rotatable bonds is 5. The van der Waals surface area contributed by atoms with Crippen molar-refractivity contribution in [1.29, 1.82) is 0 Å². The predicted molar refractivity (Wildman–Crippen MR) is 132 cm³/mol. The van der Waals surface area contributed by atoms with Crippen LogP contribution in [-0.4, -0.2) is 17.8 Å². The van der Waals surface area contributed by atoms with E-state index in [0.29, 0.717) is 16.4 Å². The van der Waals surface area contributed by atoms with Crippen molar-refractivity contribution in [2.45, 2.75) is 6.92 Å². The lowest BCUT2D eigenvalue weighted by Gasteiger charge is -2.16. The van der Waals surface area contributed by atoms with Crippen molar-refractivity contribution < 1.29 is 19.1 Å². The lowest BCUT2D eigenvalue weighted by Crippen LogP contribution is -2.32. The number of ether oxygens (including phenoxy) is 1. The molecule has 4 rings (SSSR count). The molecule has 3 aromatic carbocycles. The summed E-state index contributed by atoms with van der Waals surface area (Å²) in [5.74, 6) is -1.76. The molecule has 3 aromatic rings. The molecule has 0 saturated heterocycles. The van der Waals surface area contributed by atoms with Gasteiger partial charge in [0.1, 0.15) is 10.7 Å². The van der Waals surface area contributed by atoms with Crippen molar-refractivity contribution in [1.82, 2.24) is 0 Å². The van der Waals surface area contributed by atoms with Crippen molar-refractivity contribution in [2.24, 2.45) is 0 Å². The molecule has 0 aromatic heterocycles. The second kappa shape index (κ2) is 9.38. The number of nitrogens with one attached hydrogen (secondary N) is 1. The quantitative estimate of drug-likeness (QED) is 0.200. The number of carbonyl (C=O) groups is 3. The number of nitrogens with zero attached hydrogens (tertiary/aromatic N) is 1. The summed E-state index contributed by atoms with van der Waals surface area (Å²) < 4.78 is 5.35. The van der Waals surface area contributed by atoms with Gasteiger partial charge in [-0.1, -0.05) is 40.9 Å². The normalized spacial score (nSPS) is 13.5. The summed E-state index contributed by atoms with van der Waals surface area (Å²) in [6, 6.07) is 15.6. The Hall–Kier alpha value is -3.52. The number of carbonyl (C=O) groups excluding carboxylic acids is 3. The first-order chi connectivity index (χ1) is 16.2. The number of nitrogen functional groups attached to an aromatic ring is 1. The van der Waals surface area contributed by atoms with Gasteiger partial charge in [0.2, 0.25) is 0 Å². The van der Waals surface area contributed by atoms with Gasteiger partial charge in [-0.05, 0) is 67.1 Å². The summed E-state index contributed by atoms with van der Waals surface area (Å²) in [6.07, 6.45) is 0. The first kappa shape index (κ1) is 23.6. The van der Waals surface area contributed by atoms with Gasteiger partial charge >= 0.3 is 5.97 Å². The first-order valence-electron chi connectivity index (χ1n) is 9.84. The maximum atomic E-state index is 12.9. The fourth-order valence-corrected chi connectivity index (χ4v) is 3.95. The summed E-state index contributed by atoms with van der Waals surface area (Å²) in [5, 5.41) is 3.01. The van der Waals surface area contributed by atoms with Crippen LogP contribution in [0.1, 0.15) is 15.9 Å². The van der Waals surface area contributed by atoms with Gasteiger partial charge in [0.25, 0.3) is 11.8 Å². The molecule has 0 aliphatic carbocycles. The van der Waals surface area contributed by atoms with Crippen molar-refractivity contribution in [2.75, 3.05) is 16.0 Å². The zero-order valence-electron chi connectivity index (χ0n) is 17.6. The van der Waals surface area contributed by atoms with Crippen LogP contribution in [0.2, 0.25) is 10.0 Å². The SMILES string of the molecule is Cc1ccc(OC(=O)c2ccc(NC3=C(Cl)C(=O)N(c4ccc(Cl)cc4Cl)C3=O)cc2)c(N)c1. The van der Waals surface area contributed by atoms with Crippen LogP contribution in [0.25, 0.3) is 0 Å². The van der Waals surface area contributed by atoms with Crippen LogP contribution in [0.4, 0.5) is 17.1 Å². The Balaban J connectivity index is 1.50. The van der Waals surface area contributed by atoms with Gasteiger partial charge in [0.15, 0.2) is 5.75 Å². The van der Waals surface area contributed by atoms with Crippen LogP contribution in [0.15, 0.2) is 71.4 Å². The van der Waals surface area contributed by atoms with E-state index in [2.05, 4.69) is 5.32 Å². The molecular formula is C24H16Cl3N3O4. The third-order valence-electron chi connectivity index (χ3n) is 4.94. The highest BCUT2D eigenvalue weighted by atomic mass is 35.5. The fourth-order valence-electron chi connectivity index (χ4n) is 3.25. The van der Waals surface area contributed by atoms with E-state index in [1.165, 1.54) is 30.3 Å². The number of anilines is 3. The smallest absolute Gasteiger partial charge is 0.343 e. The molecule has 0 unspecified atom stereocenters. The Bertz CT molecular complexity index is 1370. The van der Waals surface area contributed by atoms with Gasteiger partial charge in [0, 0.05) is 10.7 Å². The minimum atomic E-state index is -0.728. The Kier molecular flexibility index (Phi) is 6.52. The highest BCUT2D eigenvalue weighted by Crippen LogP contribution is 2.35. The van der Waals surface area contributed by atoms with E-state index in [1.807, 2.05) is 6.92 Å². The van der Waals surface area contributed by atoms with E-state index >= 15 is 0 Å². The summed E-state index contributed by atoms with van der Waals surface area (Å²) >= 11 is 18.2. The third kappa shape index (κ3) is 4.59. The second-order valence-corrected chi connectivity index (χ2v) is 8.59. The molecule has 1 heterocycles. The van der Waals surface area contributed by atoms with Crippen LogP contribution < -0.4 is 20.7 Å². The zero-order valence-corrected chi connectivity index (χ0v) is 19.8. The van der Waals surface area contributed by atoms with E-state index < -0.39 is 17.8 Å². The first-order valence-corrected chi connectivity index (χ1v) is 11.0. The fraction of sp³-hybridized carbons (Fsp3) is 0.0417. The number of benzene rings is 3. The molecule has 0 bridgehead atoms. The molecule has 0 spiro atoms. The molecular weight excluding hydrogens is 501 g/mol. The van der Waals surface area contributed by atoms with Crippen LogP contribution in [-0.2, 0) is 9.59 Å². The molecule has 2 amide bonds. The number of halogens is 3. The molecule has 1 aliphatic heterocycles. The Morgan fingerprint density at radius 3 is 2.29 bits per heavy atom. The van der Waals surface area contributed by atoms with Gasteiger partial charge in [-0.15, -0.1) is 0 Å². The van der Waals surface area contributed by atoms with Gasteiger partial charge in [-0.2, -0.15) is 0 Å². The number of amides is 2. The van der Waals surface area contributed by atoms with E-state index in [0.717, 1.165) is 10.5 Å². The number of hydrogen-bond donors (Lipinski definition) is 2. The molecule has 172 valence electrons. The zero-order chi connectivity index (χ0) is 24.6. The Labute approximate surface area is 209 Å². The Morgan fingerprint density at radius 1 is 0.941 bits per heavy atom. The van der Waals surface area contributed by atoms with E-state index in [4.69, 9.17) is 45.3 Å². The summed E-state index contributed by atoms with van der Waals surface area (Å²) in [5.41, 5.74) is 7.89. The standard InChI is InChI=1S/C24H16Cl3N3O4/c1-12-2-9-19(17(28)10-12)34-24(33)13-3-6-15(7-4-13)29-21-20(27)22(31)30(23(21)32)18-8-5-14(25)11-16(18)26/h2-11,29H,28H2,1H3. The number of nitrogens with two attached hydrogens (primary N) is 1. The Morgan fingerprint density at radius 2 is 1.65 bits per heavy atom. The predicted octanol–water partition coefficient (Wildman–Crippen LogP) is 5.54. The molecule has 0 radical (unpaired) electrons. The summed E-state index contributed by atoms with van der Waals surface area (Å²) in [6.45, 7) is 1.88. The number of hydrogen-bond acceptors (Lipinski definition) is 6. The van der Waals surface area contributed by atoms with Crippen LogP contribution in [0, 0.1) is 6.92 Å². The topological polar surface area (TPSA) is 102 Å². The molecule has 1 aliphatic rings. The summed E-state index contributed by atoms with van der Waals surface area (Å²) in [7, 11) is 0. The summed E-state index contributed by atoms with van der Waals surface area (Å²) in [4.78, 5) is 38.9. The van der Waals surface area contributed by atoms with Crippen molar-refractivity contribution in [3.63, 3.8) is 0 Å². The van der Waals surface area contributed by atoms with E-state index in [1.54, 1.807) is 30.3 Å². The molecule has 10 heteroatoms. The van der Waals surface area contributed by atoms with Crippen molar-refractivity contribution in [3.05, 3.63) is 92.6 Å². The molecule has 0 fully saturated rings. The maximum Gasteiger partial charge on any atom is 0.343 e. The van der Waals surface area contributed by atoms with Crippen LogP contribution in [0.5, 0.6) is 5.75 Å². The van der Waals surface area contributed by atoms with Gasteiger partial charge in [-0.25, -0.2) is 9.69 Å². The largest absolute Gasteiger partial charge is 0.421 e. The number of imide groups is 1. The second-order valence-electron chi connectivity index (χ2n) is 7.36. The number of aryl methyl sites for hydroxylation is 1. The average molecular weight is 517 g/mol. The minimum Gasteiger partial charge on any atom is -0.421 e. The molecule has 3 N–H and O–H groups in total. The lowest BCUT2D eigenvalue weighted by molar-refractivity contribution is -0.120. The highest BCUT2D eigenvalue weighted by molar-refractivity contribution is 6.53. The van der Waals surface area contributed by atoms with Crippen molar-refractivity contribution in [3.8, 4) is 5.75 Å². The van der Waals surface area contributed by atoms with Gasteiger partial charge in [0.05, 0.1) is 22.0 Å².